The van der Waals surface area contributed by atoms with Crippen LogP contribution in [0.5, 0.6) is 0 Å². The van der Waals surface area contributed by atoms with Crippen LogP contribution in [0.4, 0.5) is 10.5 Å². The molecular weight excluding hydrogens is 509 g/mol. The number of hydrogen-bond donors (Lipinski definition) is 4. The van der Waals surface area contributed by atoms with Gasteiger partial charge in [0.15, 0.2) is 5.96 Å². The highest BCUT2D eigenvalue weighted by Crippen LogP contribution is 2.15. The molecule has 0 heterocycles. The Balaban J connectivity index is 0.00000900. The SMILES string of the molecule is CCNC(=NCC(C)(C)C(=O)NC)NCCc1ccc(NC(=O)OC(C)(C)C)cc1.I. The zero-order valence-electron chi connectivity index (χ0n) is 19.7. The number of benzene rings is 1. The van der Waals surface area contributed by atoms with Crippen LogP contribution in [0.25, 0.3) is 0 Å². The Morgan fingerprint density at radius 2 is 1.65 bits per heavy atom. The van der Waals surface area contributed by atoms with Crippen LogP contribution in [0, 0.1) is 5.41 Å². The van der Waals surface area contributed by atoms with E-state index in [-0.39, 0.29) is 29.9 Å². The van der Waals surface area contributed by atoms with Gasteiger partial charge in [-0.15, -0.1) is 24.0 Å². The van der Waals surface area contributed by atoms with Gasteiger partial charge in [0.1, 0.15) is 5.60 Å². The fourth-order valence-corrected chi connectivity index (χ4v) is 2.53. The van der Waals surface area contributed by atoms with Crippen molar-refractivity contribution in [2.75, 3.05) is 32.0 Å². The molecule has 0 aliphatic carbocycles. The Kier molecular flexibility index (Phi) is 12.5. The van der Waals surface area contributed by atoms with Crippen LogP contribution in [0.3, 0.4) is 0 Å². The van der Waals surface area contributed by atoms with Crippen LogP contribution in [0.15, 0.2) is 29.3 Å². The third-order valence-electron chi connectivity index (χ3n) is 4.12. The van der Waals surface area contributed by atoms with Crippen molar-refractivity contribution in [1.29, 1.82) is 0 Å². The maximum absolute atomic E-state index is 11.9. The maximum Gasteiger partial charge on any atom is 0.412 e. The van der Waals surface area contributed by atoms with Gasteiger partial charge in [0, 0.05) is 25.8 Å². The maximum atomic E-state index is 11.9. The lowest BCUT2D eigenvalue weighted by molar-refractivity contribution is -0.128. The molecule has 0 radical (unpaired) electrons. The molecule has 0 bridgehead atoms. The standard InChI is InChI=1S/C22H37N5O3.HI/c1-8-24-19(26-15-22(5,6)18(28)23-7)25-14-13-16-9-11-17(12-10-16)27-20(29)30-21(2,3)4;/h9-12H,8,13-15H2,1-7H3,(H,23,28)(H,27,29)(H2,24,25,26);1H. The second-order valence-electron chi connectivity index (χ2n) is 8.66. The van der Waals surface area contributed by atoms with Crippen LogP contribution in [-0.4, -0.2) is 50.2 Å². The number of carbonyl (C=O) groups is 2. The first-order valence-electron chi connectivity index (χ1n) is 10.3. The lowest BCUT2D eigenvalue weighted by Crippen LogP contribution is -2.41. The van der Waals surface area contributed by atoms with Gasteiger partial charge in [-0.1, -0.05) is 12.1 Å². The molecule has 31 heavy (non-hydrogen) atoms. The number of hydrogen-bond acceptors (Lipinski definition) is 4. The molecule has 8 nitrogen and oxygen atoms in total. The molecule has 0 aromatic heterocycles. The van der Waals surface area contributed by atoms with Crippen LogP contribution < -0.4 is 21.3 Å². The van der Waals surface area contributed by atoms with Gasteiger partial charge < -0.3 is 20.7 Å². The minimum absolute atomic E-state index is 0. The van der Waals surface area contributed by atoms with Gasteiger partial charge in [-0.3, -0.25) is 15.1 Å². The summed E-state index contributed by atoms with van der Waals surface area (Å²) in [6.45, 7) is 13.0. The van der Waals surface area contributed by atoms with Gasteiger partial charge >= 0.3 is 6.09 Å². The molecule has 0 spiro atoms. The summed E-state index contributed by atoms with van der Waals surface area (Å²) < 4.78 is 5.25. The van der Waals surface area contributed by atoms with E-state index in [0.717, 1.165) is 18.5 Å². The number of rotatable bonds is 8. The fraction of sp³-hybridized carbons (Fsp3) is 0.591. The van der Waals surface area contributed by atoms with Crippen molar-refractivity contribution in [2.45, 2.75) is 53.6 Å². The number of anilines is 1. The Morgan fingerprint density at radius 1 is 1.03 bits per heavy atom. The summed E-state index contributed by atoms with van der Waals surface area (Å²) in [7, 11) is 1.63. The summed E-state index contributed by atoms with van der Waals surface area (Å²) in [5, 5.41) is 11.9. The Bertz CT molecular complexity index is 728. The number of nitrogens with one attached hydrogen (secondary N) is 4. The second kappa shape index (κ2) is 13.4. The number of nitrogens with zero attached hydrogens (tertiary/aromatic N) is 1. The highest BCUT2D eigenvalue weighted by Gasteiger charge is 2.26. The van der Waals surface area contributed by atoms with Gasteiger partial charge in [0.25, 0.3) is 0 Å². The number of ether oxygens (including phenoxy) is 1. The molecule has 0 aliphatic rings. The first kappa shape index (κ1) is 29.0. The second-order valence-corrected chi connectivity index (χ2v) is 8.66. The summed E-state index contributed by atoms with van der Waals surface area (Å²) in [6.07, 6.45) is 0.318. The third-order valence-corrected chi connectivity index (χ3v) is 4.12. The minimum atomic E-state index is -0.575. The summed E-state index contributed by atoms with van der Waals surface area (Å²) >= 11 is 0. The first-order chi connectivity index (χ1) is 14.0. The molecule has 0 saturated carbocycles. The van der Waals surface area contributed by atoms with Gasteiger partial charge in [0.2, 0.25) is 5.91 Å². The molecule has 1 aromatic carbocycles. The Labute approximate surface area is 203 Å². The van der Waals surface area contributed by atoms with E-state index >= 15 is 0 Å². The van der Waals surface area contributed by atoms with E-state index in [0.29, 0.717) is 24.7 Å². The van der Waals surface area contributed by atoms with E-state index in [2.05, 4.69) is 26.3 Å². The molecule has 4 N–H and O–H groups in total. The molecular formula is C22H38IN5O3. The topological polar surface area (TPSA) is 104 Å². The smallest absolute Gasteiger partial charge is 0.412 e. The van der Waals surface area contributed by atoms with E-state index < -0.39 is 17.1 Å². The van der Waals surface area contributed by atoms with Crippen LogP contribution >= 0.6 is 24.0 Å². The van der Waals surface area contributed by atoms with Gasteiger partial charge in [-0.25, -0.2) is 4.79 Å². The number of amides is 2. The van der Waals surface area contributed by atoms with Gasteiger partial charge in [0.05, 0.1) is 12.0 Å². The summed E-state index contributed by atoms with van der Waals surface area (Å²) in [4.78, 5) is 28.3. The molecule has 9 heteroatoms. The van der Waals surface area contributed by atoms with Crippen molar-refractivity contribution in [2.24, 2.45) is 10.4 Å². The van der Waals surface area contributed by atoms with E-state index in [1.165, 1.54) is 0 Å². The van der Waals surface area contributed by atoms with Gasteiger partial charge in [-0.2, -0.15) is 0 Å². The normalized spacial score (nSPS) is 11.8. The highest BCUT2D eigenvalue weighted by atomic mass is 127. The lowest BCUT2D eigenvalue weighted by Gasteiger charge is -2.21. The number of guanidine groups is 1. The summed E-state index contributed by atoms with van der Waals surface area (Å²) in [6, 6.07) is 7.63. The predicted octanol–water partition coefficient (Wildman–Crippen LogP) is 3.52. The van der Waals surface area contributed by atoms with Crippen molar-refractivity contribution < 1.29 is 14.3 Å². The minimum Gasteiger partial charge on any atom is -0.444 e. The van der Waals surface area contributed by atoms with E-state index in [9.17, 15) is 9.59 Å². The van der Waals surface area contributed by atoms with Crippen molar-refractivity contribution >= 4 is 47.6 Å². The van der Waals surface area contributed by atoms with E-state index in [4.69, 9.17) is 4.74 Å². The fourth-order valence-electron chi connectivity index (χ4n) is 2.53. The number of carbonyl (C=O) groups excluding carboxylic acids is 2. The average molecular weight is 547 g/mol. The molecule has 0 unspecified atom stereocenters. The number of halogens is 1. The molecule has 0 fully saturated rings. The Morgan fingerprint density at radius 3 is 2.16 bits per heavy atom. The van der Waals surface area contributed by atoms with Crippen LogP contribution in [-0.2, 0) is 16.0 Å². The molecule has 0 aliphatic heterocycles. The largest absolute Gasteiger partial charge is 0.444 e. The third kappa shape index (κ3) is 11.8. The van der Waals surface area contributed by atoms with Crippen molar-refractivity contribution in [3.8, 4) is 0 Å². The summed E-state index contributed by atoms with van der Waals surface area (Å²) in [5.74, 6) is 0.639. The Hall–Kier alpha value is -2.04. The molecule has 176 valence electrons. The first-order valence-corrected chi connectivity index (χ1v) is 10.3. The molecule has 2 amide bonds. The quantitative estimate of drug-likeness (QED) is 0.227. The van der Waals surface area contributed by atoms with Crippen molar-refractivity contribution in [3.05, 3.63) is 29.8 Å². The highest BCUT2D eigenvalue weighted by molar-refractivity contribution is 14.0. The van der Waals surface area contributed by atoms with Crippen LogP contribution in [0.2, 0.25) is 0 Å². The lowest BCUT2D eigenvalue weighted by atomic mass is 9.93. The molecule has 0 saturated heterocycles. The van der Waals surface area contributed by atoms with Gasteiger partial charge in [-0.05, 0) is 65.7 Å². The van der Waals surface area contributed by atoms with Crippen molar-refractivity contribution in [3.63, 3.8) is 0 Å². The average Bonchev–Trinajstić information content (AvgIpc) is 2.65. The molecule has 1 aromatic rings. The number of aliphatic imine (C=N–C) groups is 1. The van der Waals surface area contributed by atoms with Crippen LogP contribution in [0.1, 0.15) is 47.1 Å². The monoisotopic (exact) mass is 547 g/mol. The zero-order valence-corrected chi connectivity index (χ0v) is 22.0. The van der Waals surface area contributed by atoms with E-state index in [1.54, 1.807) is 7.05 Å². The van der Waals surface area contributed by atoms with E-state index in [1.807, 2.05) is 65.8 Å². The molecule has 1 rings (SSSR count). The summed E-state index contributed by atoms with van der Waals surface area (Å²) in [5.41, 5.74) is 0.705. The zero-order chi connectivity index (χ0) is 22.8. The van der Waals surface area contributed by atoms with Crippen molar-refractivity contribution in [1.82, 2.24) is 16.0 Å². The molecule has 0 atom stereocenters. The predicted molar refractivity (Wildman–Crippen MR) is 137 cm³/mol.